The van der Waals surface area contributed by atoms with Gasteiger partial charge in [0.25, 0.3) is 0 Å². The molecule has 1 saturated heterocycles. The van der Waals surface area contributed by atoms with Crippen LogP contribution in [0.15, 0.2) is 29.2 Å². The molecule has 0 spiro atoms. The number of hydrogen-bond acceptors (Lipinski definition) is 5. The van der Waals surface area contributed by atoms with E-state index in [0.717, 1.165) is 0 Å². The van der Waals surface area contributed by atoms with Crippen molar-refractivity contribution >= 4 is 33.6 Å². The Morgan fingerprint density at radius 1 is 1.07 bits per heavy atom. The molecular formula is C17H25ClN4O4S. The highest BCUT2D eigenvalue weighted by Gasteiger charge is 2.29. The number of benzene rings is 1. The molecule has 0 saturated carbocycles. The fourth-order valence-electron chi connectivity index (χ4n) is 2.62. The summed E-state index contributed by atoms with van der Waals surface area (Å²) in [5, 5.41) is 5.40. The second-order valence-electron chi connectivity index (χ2n) is 7.39. The zero-order valence-corrected chi connectivity index (χ0v) is 17.2. The summed E-state index contributed by atoms with van der Waals surface area (Å²) in [5.41, 5.74) is -0.438. The number of carbonyl (C=O) groups is 2. The average molecular weight is 417 g/mol. The molecule has 1 heterocycles. The molecule has 0 unspecified atom stereocenters. The lowest BCUT2D eigenvalue weighted by Gasteiger charge is -2.33. The third kappa shape index (κ3) is 6.46. The molecule has 1 aromatic rings. The van der Waals surface area contributed by atoms with E-state index in [2.05, 4.69) is 10.6 Å². The summed E-state index contributed by atoms with van der Waals surface area (Å²) < 4.78 is 26.7. The molecule has 1 fully saturated rings. The number of urea groups is 1. The largest absolute Gasteiger partial charge is 0.333 e. The van der Waals surface area contributed by atoms with E-state index in [-0.39, 0.29) is 24.5 Å². The minimum atomic E-state index is -3.59. The predicted molar refractivity (Wildman–Crippen MR) is 103 cm³/mol. The van der Waals surface area contributed by atoms with Gasteiger partial charge in [-0.15, -0.1) is 0 Å². The topological polar surface area (TPSA) is 98.8 Å². The van der Waals surface area contributed by atoms with E-state index in [4.69, 9.17) is 11.6 Å². The first-order chi connectivity index (χ1) is 12.5. The van der Waals surface area contributed by atoms with Crippen molar-refractivity contribution in [1.82, 2.24) is 19.8 Å². The Labute approximate surface area is 164 Å². The van der Waals surface area contributed by atoms with Gasteiger partial charge < -0.3 is 5.32 Å². The fraction of sp³-hybridized carbons (Fsp3) is 0.529. The maximum Gasteiger partial charge on any atom is 0.321 e. The molecule has 27 heavy (non-hydrogen) atoms. The van der Waals surface area contributed by atoms with Gasteiger partial charge in [-0.1, -0.05) is 11.6 Å². The number of halogens is 1. The van der Waals surface area contributed by atoms with Crippen LogP contribution in [0.1, 0.15) is 20.8 Å². The highest BCUT2D eigenvalue weighted by atomic mass is 35.5. The van der Waals surface area contributed by atoms with Gasteiger partial charge in [-0.05, 0) is 45.0 Å². The molecule has 2 N–H and O–H groups in total. The lowest BCUT2D eigenvalue weighted by atomic mass is 10.1. The number of hydrogen-bond donors (Lipinski definition) is 2. The summed E-state index contributed by atoms with van der Waals surface area (Å²) in [5.74, 6) is -0.425. The molecule has 0 atom stereocenters. The zero-order valence-electron chi connectivity index (χ0n) is 15.7. The second kappa shape index (κ2) is 8.55. The van der Waals surface area contributed by atoms with E-state index in [0.29, 0.717) is 18.1 Å². The summed E-state index contributed by atoms with van der Waals surface area (Å²) in [6.45, 7) is 6.83. The maximum absolute atomic E-state index is 12.6. The van der Waals surface area contributed by atoms with Crippen LogP contribution < -0.4 is 10.6 Å². The van der Waals surface area contributed by atoms with Crippen LogP contribution in [0, 0.1) is 0 Å². The molecule has 0 bridgehead atoms. The molecule has 10 heteroatoms. The first-order valence-electron chi connectivity index (χ1n) is 8.57. The number of carbonyl (C=O) groups excluding carboxylic acids is 2. The number of imide groups is 1. The highest BCUT2D eigenvalue weighted by molar-refractivity contribution is 7.89. The van der Waals surface area contributed by atoms with Crippen LogP contribution in [-0.4, -0.2) is 67.8 Å². The number of nitrogens with zero attached hydrogens (tertiary/aromatic N) is 2. The van der Waals surface area contributed by atoms with Crippen LogP contribution in [0.4, 0.5) is 4.79 Å². The van der Waals surface area contributed by atoms with Crippen LogP contribution in [0.25, 0.3) is 0 Å². The molecule has 1 aromatic carbocycles. The molecule has 0 aromatic heterocycles. The van der Waals surface area contributed by atoms with Gasteiger partial charge in [-0.2, -0.15) is 4.31 Å². The number of rotatable bonds is 4. The lowest BCUT2D eigenvalue weighted by molar-refractivity contribution is -0.121. The Kier molecular flexibility index (Phi) is 6.85. The smallest absolute Gasteiger partial charge is 0.321 e. The van der Waals surface area contributed by atoms with Crippen molar-refractivity contribution in [2.75, 3.05) is 32.7 Å². The van der Waals surface area contributed by atoms with Gasteiger partial charge in [0, 0.05) is 36.7 Å². The summed E-state index contributed by atoms with van der Waals surface area (Å²) in [7, 11) is -3.59. The van der Waals surface area contributed by atoms with Gasteiger partial charge in [-0.3, -0.25) is 15.0 Å². The summed E-state index contributed by atoms with van der Waals surface area (Å²) in [4.78, 5) is 25.7. The van der Waals surface area contributed by atoms with E-state index in [9.17, 15) is 18.0 Å². The van der Waals surface area contributed by atoms with Gasteiger partial charge >= 0.3 is 6.03 Å². The first-order valence-corrected chi connectivity index (χ1v) is 10.4. The molecule has 1 aliphatic heterocycles. The molecule has 8 nitrogen and oxygen atoms in total. The van der Waals surface area contributed by atoms with Crippen molar-refractivity contribution in [2.24, 2.45) is 0 Å². The van der Waals surface area contributed by atoms with E-state index >= 15 is 0 Å². The average Bonchev–Trinajstić information content (AvgIpc) is 2.53. The van der Waals surface area contributed by atoms with Crippen molar-refractivity contribution in [3.63, 3.8) is 0 Å². The fourth-order valence-corrected chi connectivity index (χ4v) is 4.17. The number of nitrogens with one attached hydrogen (secondary N) is 2. The Hall–Kier alpha value is -1.68. The highest BCUT2D eigenvalue weighted by Crippen LogP contribution is 2.19. The van der Waals surface area contributed by atoms with Gasteiger partial charge in [0.05, 0.1) is 11.4 Å². The van der Waals surface area contributed by atoms with Gasteiger partial charge in [0.1, 0.15) is 0 Å². The molecule has 150 valence electrons. The van der Waals surface area contributed by atoms with E-state index in [1.165, 1.54) is 28.6 Å². The SMILES string of the molecule is CC(C)(C)NC(=O)NC(=O)CN1CCN(S(=O)(=O)c2ccc(Cl)cc2)CC1. The van der Waals surface area contributed by atoms with E-state index in [1.807, 2.05) is 25.7 Å². The molecular weight excluding hydrogens is 392 g/mol. The minimum Gasteiger partial charge on any atom is -0.333 e. The van der Waals surface area contributed by atoms with Crippen molar-refractivity contribution in [3.8, 4) is 0 Å². The van der Waals surface area contributed by atoms with Crippen LogP contribution in [0.5, 0.6) is 0 Å². The van der Waals surface area contributed by atoms with Crippen molar-refractivity contribution < 1.29 is 18.0 Å². The Balaban J connectivity index is 1.85. The van der Waals surface area contributed by atoms with Crippen molar-refractivity contribution in [3.05, 3.63) is 29.3 Å². The standard InChI is InChI=1S/C17H25ClN4O4S/c1-17(2,3)20-16(24)19-15(23)12-21-8-10-22(11-9-21)27(25,26)14-6-4-13(18)5-7-14/h4-7H,8-12H2,1-3H3,(H2,19,20,23,24). The van der Waals surface area contributed by atoms with Crippen LogP contribution >= 0.6 is 11.6 Å². The van der Waals surface area contributed by atoms with Crippen LogP contribution in [-0.2, 0) is 14.8 Å². The van der Waals surface area contributed by atoms with Gasteiger partial charge in [-0.25, -0.2) is 13.2 Å². The predicted octanol–water partition coefficient (Wildman–Crippen LogP) is 1.27. The molecule has 0 radical (unpaired) electrons. The quantitative estimate of drug-likeness (QED) is 0.770. The monoisotopic (exact) mass is 416 g/mol. The van der Waals surface area contributed by atoms with E-state index in [1.54, 1.807) is 0 Å². The number of amides is 3. The maximum atomic E-state index is 12.6. The van der Waals surface area contributed by atoms with Crippen LogP contribution in [0.2, 0.25) is 5.02 Å². The molecule has 0 aliphatic carbocycles. The Morgan fingerprint density at radius 2 is 1.63 bits per heavy atom. The Bertz CT molecular complexity index is 782. The van der Waals surface area contributed by atoms with Gasteiger partial charge in [0.2, 0.25) is 15.9 Å². The summed E-state index contributed by atoms with van der Waals surface area (Å²) in [6.07, 6.45) is 0. The summed E-state index contributed by atoms with van der Waals surface area (Å²) >= 11 is 5.80. The molecule has 3 amide bonds. The van der Waals surface area contributed by atoms with Crippen molar-refractivity contribution in [1.29, 1.82) is 0 Å². The lowest BCUT2D eigenvalue weighted by Crippen LogP contribution is -2.53. The normalized spacial score (nSPS) is 16.7. The van der Waals surface area contributed by atoms with Crippen LogP contribution in [0.3, 0.4) is 0 Å². The summed E-state index contributed by atoms with van der Waals surface area (Å²) in [6, 6.07) is 5.49. The minimum absolute atomic E-state index is 0.0341. The van der Waals surface area contributed by atoms with Gasteiger partial charge in [0.15, 0.2) is 0 Å². The third-order valence-corrected chi connectivity index (χ3v) is 6.06. The number of piperazine rings is 1. The third-order valence-electron chi connectivity index (χ3n) is 3.89. The van der Waals surface area contributed by atoms with Crippen molar-refractivity contribution in [2.45, 2.75) is 31.2 Å². The molecule has 2 rings (SSSR count). The first kappa shape index (κ1) is 21.6. The molecule has 1 aliphatic rings. The Morgan fingerprint density at radius 3 is 2.15 bits per heavy atom. The second-order valence-corrected chi connectivity index (χ2v) is 9.76. The van der Waals surface area contributed by atoms with E-state index < -0.39 is 27.5 Å². The number of sulfonamides is 1. The zero-order chi connectivity index (χ0) is 20.2.